The topological polar surface area (TPSA) is 75.4 Å². The lowest BCUT2D eigenvalue weighted by Gasteiger charge is -2.44. The molecule has 154 valence electrons. The highest BCUT2D eigenvalue weighted by Crippen LogP contribution is 2.47. The van der Waals surface area contributed by atoms with Crippen molar-refractivity contribution in [1.29, 1.82) is 0 Å². The quantitative estimate of drug-likeness (QED) is 0.650. The molecule has 0 spiro atoms. The minimum atomic E-state index is -0.518. The minimum absolute atomic E-state index is 0.0252. The van der Waals surface area contributed by atoms with E-state index in [1.807, 2.05) is 46.7 Å². The first-order valence-electron chi connectivity index (χ1n) is 10.3. The SMILES string of the molecule is Cc1cc(NC(=O)C2c3ccccc3C(=O)N(C3CCCC3)C2c2cccs2)no1. The van der Waals surface area contributed by atoms with Gasteiger partial charge in [0.05, 0.1) is 12.0 Å². The Balaban J connectivity index is 1.63. The lowest BCUT2D eigenvalue weighted by molar-refractivity contribution is -0.119. The molecule has 6 nitrogen and oxygen atoms in total. The van der Waals surface area contributed by atoms with Gasteiger partial charge < -0.3 is 14.7 Å². The van der Waals surface area contributed by atoms with Gasteiger partial charge in [-0.25, -0.2) is 0 Å². The number of benzene rings is 1. The molecular formula is C23H23N3O3S. The number of rotatable bonds is 4. The molecular weight excluding hydrogens is 398 g/mol. The van der Waals surface area contributed by atoms with E-state index in [0.717, 1.165) is 36.1 Å². The number of hydrogen-bond acceptors (Lipinski definition) is 5. The van der Waals surface area contributed by atoms with Crippen molar-refractivity contribution in [3.63, 3.8) is 0 Å². The van der Waals surface area contributed by atoms with Crippen LogP contribution < -0.4 is 5.32 Å². The van der Waals surface area contributed by atoms with Crippen LogP contribution in [-0.2, 0) is 4.79 Å². The number of thiophene rings is 1. The van der Waals surface area contributed by atoms with Crippen LogP contribution in [0.4, 0.5) is 5.82 Å². The summed E-state index contributed by atoms with van der Waals surface area (Å²) in [6.45, 7) is 1.79. The summed E-state index contributed by atoms with van der Waals surface area (Å²) in [5, 5.41) is 8.84. The van der Waals surface area contributed by atoms with E-state index in [-0.39, 0.29) is 23.9 Å². The van der Waals surface area contributed by atoms with Gasteiger partial charge in [0.2, 0.25) is 5.91 Å². The molecule has 0 saturated heterocycles. The Morgan fingerprint density at radius 3 is 2.70 bits per heavy atom. The van der Waals surface area contributed by atoms with Crippen LogP contribution in [0.15, 0.2) is 52.4 Å². The predicted octanol–water partition coefficient (Wildman–Crippen LogP) is 4.91. The summed E-state index contributed by atoms with van der Waals surface area (Å²) in [7, 11) is 0. The van der Waals surface area contributed by atoms with Crippen molar-refractivity contribution in [2.45, 2.75) is 50.6 Å². The van der Waals surface area contributed by atoms with E-state index >= 15 is 0 Å². The van der Waals surface area contributed by atoms with Crippen LogP contribution in [0.25, 0.3) is 0 Å². The zero-order valence-electron chi connectivity index (χ0n) is 16.7. The Kier molecular flexibility index (Phi) is 4.90. The van der Waals surface area contributed by atoms with E-state index in [0.29, 0.717) is 17.1 Å². The molecule has 1 saturated carbocycles. The lowest BCUT2D eigenvalue weighted by Crippen LogP contribution is -2.49. The summed E-state index contributed by atoms with van der Waals surface area (Å²) in [6, 6.07) is 13.0. The number of aromatic nitrogens is 1. The standard InChI is InChI=1S/C23H23N3O3S/c1-14-13-19(25-29-14)24-22(27)20-16-9-4-5-10-17(16)23(28)26(15-7-2-3-8-15)21(20)18-11-6-12-30-18/h4-6,9-13,15,20-21H,2-3,7-8H2,1H3,(H,24,25,27). The zero-order valence-corrected chi connectivity index (χ0v) is 17.5. The largest absolute Gasteiger partial charge is 0.360 e. The number of aryl methyl sites for hydroxylation is 1. The number of fused-ring (bicyclic) bond motifs is 1. The number of nitrogens with one attached hydrogen (secondary N) is 1. The Bertz CT molecular complexity index is 1070. The molecule has 2 aromatic heterocycles. The van der Waals surface area contributed by atoms with Crippen LogP contribution in [0.3, 0.4) is 0 Å². The minimum Gasteiger partial charge on any atom is -0.360 e. The highest BCUT2D eigenvalue weighted by Gasteiger charge is 2.47. The van der Waals surface area contributed by atoms with Gasteiger partial charge in [0.15, 0.2) is 5.82 Å². The molecule has 0 radical (unpaired) electrons. The second-order valence-corrected chi connectivity index (χ2v) is 8.97. The third-order valence-electron chi connectivity index (χ3n) is 6.09. The highest BCUT2D eigenvalue weighted by molar-refractivity contribution is 7.10. The second kappa shape index (κ2) is 7.72. The molecule has 1 aliphatic heterocycles. The van der Waals surface area contributed by atoms with Crippen molar-refractivity contribution >= 4 is 29.0 Å². The Labute approximate surface area is 178 Å². The maximum Gasteiger partial charge on any atom is 0.254 e. The third-order valence-corrected chi connectivity index (χ3v) is 7.03. The van der Waals surface area contributed by atoms with Crippen LogP contribution in [0.2, 0.25) is 0 Å². The number of anilines is 1. The van der Waals surface area contributed by atoms with E-state index in [9.17, 15) is 9.59 Å². The van der Waals surface area contributed by atoms with Crippen molar-refractivity contribution in [2.75, 3.05) is 5.32 Å². The van der Waals surface area contributed by atoms with Crippen LogP contribution in [-0.4, -0.2) is 27.9 Å². The normalized spacial score (nSPS) is 21.6. The molecule has 7 heteroatoms. The van der Waals surface area contributed by atoms with Crippen molar-refractivity contribution < 1.29 is 14.1 Å². The fraction of sp³-hybridized carbons (Fsp3) is 0.348. The maximum absolute atomic E-state index is 13.6. The summed E-state index contributed by atoms with van der Waals surface area (Å²) in [5.74, 6) is 0.355. The molecule has 3 aromatic rings. The van der Waals surface area contributed by atoms with Crippen molar-refractivity contribution in [3.05, 3.63) is 69.6 Å². The van der Waals surface area contributed by atoms with Crippen molar-refractivity contribution in [3.8, 4) is 0 Å². The summed E-state index contributed by atoms with van der Waals surface area (Å²) < 4.78 is 5.11. The zero-order chi connectivity index (χ0) is 20.7. The van der Waals surface area contributed by atoms with Gasteiger partial charge >= 0.3 is 0 Å². The molecule has 0 bridgehead atoms. The lowest BCUT2D eigenvalue weighted by atomic mass is 9.80. The molecule has 5 rings (SSSR count). The first-order chi connectivity index (χ1) is 14.6. The number of carbonyl (C=O) groups is 2. The molecule has 1 aromatic carbocycles. The summed E-state index contributed by atoms with van der Waals surface area (Å²) in [5.41, 5.74) is 1.39. The fourth-order valence-corrected chi connectivity index (χ4v) is 5.67. The predicted molar refractivity (Wildman–Crippen MR) is 115 cm³/mol. The van der Waals surface area contributed by atoms with E-state index in [2.05, 4.69) is 10.5 Å². The van der Waals surface area contributed by atoms with Crippen LogP contribution in [0.1, 0.15) is 64.2 Å². The number of amides is 2. The molecule has 1 N–H and O–H groups in total. The molecule has 2 amide bonds. The second-order valence-electron chi connectivity index (χ2n) is 7.99. The number of carbonyl (C=O) groups excluding carboxylic acids is 2. The highest BCUT2D eigenvalue weighted by atomic mass is 32.1. The Hall–Kier alpha value is -2.93. The maximum atomic E-state index is 13.6. The van der Waals surface area contributed by atoms with Gasteiger partial charge in [0, 0.05) is 22.5 Å². The third kappa shape index (κ3) is 3.23. The van der Waals surface area contributed by atoms with Gasteiger partial charge in [-0.3, -0.25) is 9.59 Å². The number of nitrogens with zero attached hydrogens (tertiary/aromatic N) is 2. The van der Waals surface area contributed by atoms with E-state index in [4.69, 9.17) is 4.52 Å². The Morgan fingerprint density at radius 1 is 1.20 bits per heavy atom. The molecule has 2 atom stereocenters. The van der Waals surface area contributed by atoms with E-state index in [1.54, 1.807) is 24.3 Å². The van der Waals surface area contributed by atoms with Gasteiger partial charge in [-0.15, -0.1) is 11.3 Å². The van der Waals surface area contributed by atoms with Gasteiger partial charge in [0.25, 0.3) is 5.91 Å². The molecule has 30 heavy (non-hydrogen) atoms. The Morgan fingerprint density at radius 2 is 2.00 bits per heavy atom. The monoisotopic (exact) mass is 421 g/mol. The summed E-state index contributed by atoms with van der Waals surface area (Å²) in [4.78, 5) is 30.2. The van der Waals surface area contributed by atoms with E-state index in [1.165, 1.54) is 0 Å². The smallest absolute Gasteiger partial charge is 0.254 e. The fourth-order valence-electron chi connectivity index (χ4n) is 4.81. The molecule has 2 aliphatic rings. The van der Waals surface area contributed by atoms with Gasteiger partial charge in [-0.2, -0.15) is 0 Å². The van der Waals surface area contributed by atoms with Gasteiger partial charge in [-0.1, -0.05) is 42.3 Å². The average Bonchev–Trinajstić information content (AvgIpc) is 3.51. The van der Waals surface area contributed by atoms with Crippen molar-refractivity contribution in [2.24, 2.45) is 0 Å². The molecule has 2 unspecified atom stereocenters. The summed E-state index contributed by atoms with van der Waals surface area (Å²) in [6.07, 6.45) is 4.18. The van der Waals surface area contributed by atoms with Crippen LogP contribution in [0.5, 0.6) is 0 Å². The summed E-state index contributed by atoms with van der Waals surface area (Å²) >= 11 is 1.59. The van der Waals surface area contributed by atoms with Gasteiger partial charge in [-0.05, 0) is 42.8 Å². The van der Waals surface area contributed by atoms with E-state index < -0.39 is 5.92 Å². The molecule has 1 fully saturated rings. The number of hydrogen-bond donors (Lipinski definition) is 1. The molecule has 3 heterocycles. The van der Waals surface area contributed by atoms with Crippen molar-refractivity contribution in [1.82, 2.24) is 10.1 Å². The first-order valence-corrected chi connectivity index (χ1v) is 11.2. The van der Waals surface area contributed by atoms with Gasteiger partial charge in [0.1, 0.15) is 5.76 Å². The van der Waals surface area contributed by atoms with Crippen LogP contribution >= 0.6 is 11.3 Å². The first kappa shape index (κ1) is 19.1. The molecule has 1 aliphatic carbocycles. The van der Waals surface area contributed by atoms with Crippen LogP contribution in [0, 0.1) is 6.92 Å². The average molecular weight is 422 g/mol.